The van der Waals surface area contributed by atoms with Crippen LogP contribution in [0, 0.1) is 6.92 Å². The second kappa shape index (κ2) is 6.64. The summed E-state index contributed by atoms with van der Waals surface area (Å²) in [6.45, 7) is 8.47. The first kappa shape index (κ1) is 13.2. The van der Waals surface area contributed by atoms with Gasteiger partial charge in [-0.3, -0.25) is 4.98 Å². The van der Waals surface area contributed by atoms with E-state index in [1.807, 2.05) is 27.0 Å². The van der Waals surface area contributed by atoms with Gasteiger partial charge in [0.25, 0.3) is 0 Å². The molecule has 1 atom stereocenters. The maximum absolute atomic E-state index is 4.36. The summed E-state index contributed by atoms with van der Waals surface area (Å²) in [6.07, 6.45) is 4.67. The summed E-state index contributed by atoms with van der Waals surface area (Å²) in [5, 5.41) is 0. The Bertz CT molecular complexity index is 292. The third-order valence-electron chi connectivity index (χ3n) is 3.03. The van der Waals surface area contributed by atoms with Gasteiger partial charge in [0, 0.05) is 18.4 Å². The van der Waals surface area contributed by atoms with E-state index in [0.29, 0.717) is 5.92 Å². The van der Waals surface area contributed by atoms with Crippen LogP contribution in [-0.4, -0.2) is 30.0 Å². The van der Waals surface area contributed by atoms with Crippen molar-refractivity contribution < 1.29 is 0 Å². The van der Waals surface area contributed by atoms with E-state index in [0.717, 1.165) is 5.69 Å². The van der Waals surface area contributed by atoms with Crippen LogP contribution in [0.5, 0.6) is 0 Å². The molecule has 0 spiro atoms. The number of rotatable bonds is 1. The van der Waals surface area contributed by atoms with Crippen molar-refractivity contribution in [3.63, 3.8) is 0 Å². The van der Waals surface area contributed by atoms with Crippen molar-refractivity contribution in [2.24, 2.45) is 0 Å². The highest BCUT2D eigenvalue weighted by Crippen LogP contribution is 2.25. The molecule has 0 N–H and O–H groups in total. The van der Waals surface area contributed by atoms with Crippen molar-refractivity contribution in [2.75, 3.05) is 20.1 Å². The van der Waals surface area contributed by atoms with Gasteiger partial charge in [0.2, 0.25) is 0 Å². The number of aromatic nitrogens is 1. The lowest BCUT2D eigenvalue weighted by molar-refractivity contribution is 0.250. The molecule has 0 bridgehead atoms. The first-order chi connectivity index (χ1) is 7.75. The molecule has 1 fully saturated rings. The fraction of sp³-hybridized carbons (Fsp3) is 0.643. The van der Waals surface area contributed by atoms with Crippen LogP contribution < -0.4 is 0 Å². The number of piperidine rings is 1. The number of hydrogen-bond acceptors (Lipinski definition) is 2. The van der Waals surface area contributed by atoms with E-state index in [1.54, 1.807) is 0 Å². The zero-order chi connectivity index (χ0) is 12.0. The van der Waals surface area contributed by atoms with Crippen molar-refractivity contribution in [2.45, 2.75) is 39.5 Å². The average molecular weight is 220 g/mol. The van der Waals surface area contributed by atoms with E-state index in [-0.39, 0.29) is 0 Å². The topological polar surface area (TPSA) is 16.1 Å². The Hall–Kier alpha value is -0.890. The Labute approximate surface area is 99.7 Å². The Morgan fingerprint density at radius 2 is 2.06 bits per heavy atom. The highest BCUT2D eigenvalue weighted by molar-refractivity contribution is 5.18. The molecule has 0 aromatic carbocycles. The molecular formula is C14H24N2. The number of pyridine rings is 1. The lowest BCUT2D eigenvalue weighted by Crippen LogP contribution is -2.30. The van der Waals surface area contributed by atoms with Gasteiger partial charge in [-0.05, 0) is 50.9 Å². The van der Waals surface area contributed by atoms with E-state index >= 15 is 0 Å². The van der Waals surface area contributed by atoms with Gasteiger partial charge in [0.15, 0.2) is 0 Å². The standard InChI is InChI=1S/C12H18N2.C2H6/c1-10-5-6-11(8-13-10)12-4-3-7-14(2)9-12;1-2/h5-6,8,12H,3-4,7,9H2,1-2H3;1-2H3. The lowest BCUT2D eigenvalue weighted by atomic mass is 9.92. The molecule has 0 amide bonds. The molecule has 90 valence electrons. The largest absolute Gasteiger partial charge is 0.306 e. The Balaban J connectivity index is 0.000000606. The molecular weight excluding hydrogens is 196 g/mol. The van der Waals surface area contributed by atoms with Crippen LogP contribution in [0.25, 0.3) is 0 Å². The van der Waals surface area contributed by atoms with Crippen molar-refractivity contribution in [1.82, 2.24) is 9.88 Å². The monoisotopic (exact) mass is 220 g/mol. The van der Waals surface area contributed by atoms with E-state index in [4.69, 9.17) is 0 Å². The quantitative estimate of drug-likeness (QED) is 0.722. The first-order valence-electron chi connectivity index (χ1n) is 6.37. The molecule has 1 saturated heterocycles. The van der Waals surface area contributed by atoms with E-state index in [2.05, 4.69) is 29.1 Å². The Kier molecular flexibility index (Phi) is 5.47. The first-order valence-corrected chi connectivity index (χ1v) is 6.37. The van der Waals surface area contributed by atoms with Gasteiger partial charge in [-0.25, -0.2) is 0 Å². The molecule has 1 aliphatic heterocycles. The zero-order valence-corrected chi connectivity index (χ0v) is 11.0. The minimum Gasteiger partial charge on any atom is -0.306 e. The maximum Gasteiger partial charge on any atom is 0.0372 e. The average Bonchev–Trinajstić information content (AvgIpc) is 2.32. The van der Waals surface area contributed by atoms with Crippen molar-refractivity contribution in [3.05, 3.63) is 29.6 Å². The van der Waals surface area contributed by atoms with Crippen molar-refractivity contribution in [3.8, 4) is 0 Å². The fourth-order valence-corrected chi connectivity index (χ4v) is 2.16. The minimum atomic E-state index is 0.696. The van der Waals surface area contributed by atoms with Crippen LogP contribution in [0.1, 0.15) is 43.9 Å². The Morgan fingerprint density at radius 1 is 1.31 bits per heavy atom. The smallest absolute Gasteiger partial charge is 0.0372 e. The van der Waals surface area contributed by atoms with Crippen LogP contribution in [0.15, 0.2) is 18.3 Å². The van der Waals surface area contributed by atoms with E-state index < -0.39 is 0 Å². The molecule has 2 rings (SSSR count). The van der Waals surface area contributed by atoms with Gasteiger partial charge >= 0.3 is 0 Å². The van der Waals surface area contributed by atoms with Crippen LogP contribution in [0.2, 0.25) is 0 Å². The van der Waals surface area contributed by atoms with Crippen molar-refractivity contribution in [1.29, 1.82) is 0 Å². The molecule has 2 heterocycles. The van der Waals surface area contributed by atoms with Gasteiger partial charge in [0.05, 0.1) is 0 Å². The number of likely N-dealkylation sites (N-methyl/N-ethyl adjacent to an activating group) is 1. The van der Waals surface area contributed by atoms with Gasteiger partial charge in [-0.15, -0.1) is 0 Å². The summed E-state index contributed by atoms with van der Waals surface area (Å²) in [5.74, 6) is 0.696. The predicted octanol–water partition coefficient (Wildman–Crippen LogP) is 3.23. The molecule has 1 aliphatic rings. The number of hydrogen-bond donors (Lipinski definition) is 0. The third kappa shape index (κ3) is 3.60. The molecule has 1 aromatic rings. The summed E-state index contributed by atoms with van der Waals surface area (Å²) in [4.78, 5) is 6.77. The SMILES string of the molecule is CC.Cc1ccc(C2CCCN(C)C2)cn1. The highest BCUT2D eigenvalue weighted by atomic mass is 15.1. The molecule has 0 saturated carbocycles. The predicted molar refractivity (Wildman–Crippen MR) is 69.8 cm³/mol. The third-order valence-corrected chi connectivity index (χ3v) is 3.03. The van der Waals surface area contributed by atoms with Crippen LogP contribution in [0.4, 0.5) is 0 Å². The molecule has 1 aromatic heterocycles. The summed E-state index contributed by atoms with van der Waals surface area (Å²) in [7, 11) is 2.20. The summed E-state index contributed by atoms with van der Waals surface area (Å²) >= 11 is 0. The number of aryl methyl sites for hydroxylation is 1. The van der Waals surface area contributed by atoms with Gasteiger partial charge in [-0.1, -0.05) is 19.9 Å². The normalized spacial score (nSPS) is 21.1. The zero-order valence-electron chi connectivity index (χ0n) is 11.0. The van der Waals surface area contributed by atoms with Crippen LogP contribution in [0.3, 0.4) is 0 Å². The van der Waals surface area contributed by atoms with E-state index in [9.17, 15) is 0 Å². The summed E-state index contributed by atoms with van der Waals surface area (Å²) < 4.78 is 0. The van der Waals surface area contributed by atoms with Crippen molar-refractivity contribution >= 4 is 0 Å². The molecule has 16 heavy (non-hydrogen) atoms. The van der Waals surface area contributed by atoms with Crippen LogP contribution >= 0.6 is 0 Å². The Morgan fingerprint density at radius 3 is 2.62 bits per heavy atom. The second-order valence-electron chi connectivity index (χ2n) is 4.33. The molecule has 0 radical (unpaired) electrons. The molecule has 1 unspecified atom stereocenters. The van der Waals surface area contributed by atoms with Gasteiger partial charge < -0.3 is 4.90 Å². The summed E-state index contributed by atoms with van der Waals surface area (Å²) in [5.41, 5.74) is 2.51. The molecule has 2 heteroatoms. The molecule has 0 aliphatic carbocycles. The lowest BCUT2D eigenvalue weighted by Gasteiger charge is -2.29. The second-order valence-corrected chi connectivity index (χ2v) is 4.33. The van der Waals surface area contributed by atoms with Crippen LogP contribution in [-0.2, 0) is 0 Å². The fourth-order valence-electron chi connectivity index (χ4n) is 2.16. The minimum absolute atomic E-state index is 0.696. The number of nitrogens with zero attached hydrogens (tertiary/aromatic N) is 2. The number of likely N-dealkylation sites (tertiary alicyclic amines) is 1. The van der Waals surface area contributed by atoms with E-state index in [1.165, 1.54) is 31.5 Å². The van der Waals surface area contributed by atoms with Gasteiger partial charge in [-0.2, -0.15) is 0 Å². The molecule has 2 nitrogen and oxygen atoms in total. The highest BCUT2D eigenvalue weighted by Gasteiger charge is 2.18. The maximum atomic E-state index is 4.36. The van der Waals surface area contributed by atoms with Gasteiger partial charge in [0.1, 0.15) is 0 Å². The summed E-state index contributed by atoms with van der Waals surface area (Å²) in [6, 6.07) is 4.34.